The Hall–Kier alpha value is -2.34. The molecule has 0 saturated carbocycles. The summed E-state index contributed by atoms with van der Waals surface area (Å²) in [6.07, 6.45) is 5.29. The van der Waals surface area contributed by atoms with Gasteiger partial charge < -0.3 is 15.0 Å². The number of fused-ring (bicyclic) bond motifs is 1. The van der Waals surface area contributed by atoms with E-state index >= 15 is 0 Å². The Balaban J connectivity index is 2.06. The Kier molecular flexibility index (Phi) is 3.62. The fourth-order valence-corrected chi connectivity index (χ4v) is 2.17. The third-order valence-electron chi connectivity index (χ3n) is 2.91. The van der Waals surface area contributed by atoms with Crippen LogP contribution in [0.2, 0.25) is 5.02 Å². The molecule has 0 unspecified atom stereocenters. The Morgan fingerprint density at radius 2 is 2.24 bits per heavy atom. The van der Waals surface area contributed by atoms with Gasteiger partial charge in [0.05, 0.1) is 11.9 Å². The lowest BCUT2D eigenvalue weighted by molar-refractivity contribution is 0.632. The van der Waals surface area contributed by atoms with Crippen molar-refractivity contribution in [1.29, 1.82) is 0 Å². The number of nitrogens with one attached hydrogen (secondary N) is 2. The summed E-state index contributed by atoms with van der Waals surface area (Å²) in [5.74, 6) is 0.729. The average Bonchev–Trinajstić information content (AvgIpc) is 2.92. The van der Waals surface area contributed by atoms with Crippen molar-refractivity contribution in [3.05, 3.63) is 47.6 Å². The van der Waals surface area contributed by atoms with Crippen LogP contribution in [0, 0.1) is 5.82 Å². The van der Waals surface area contributed by atoms with Gasteiger partial charge in [-0.15, -0.1) is 0 Å². The highest BCUT2D eigenvalue weighted by atomic mass is 35.5. The SMILES string of the molecule is CCNc1cn2ccnc2c(Nc2cc(Cl)ccc2F)n1. The van der Waals surface area contributed by atoms with Crippen LogP contribution >= 0.6 is 11.6 Å². The maximum absolute atomic E-state index is 13.8. The number of halogens is 2. The van der Waals surface area contributed by atoms with Gasteiger partial charge in [-0.25, -0.2) is 14.4 Å². The summed E-state index contributed by atoms with van der Waals surface area (Å²) < 4.78 is 15.7. The van der Waals surface area contributed by atoms with Gasteiger partial charge in [-0.2, -0.15) is 0 Å². The summed E-state index contributed by atoms with van der Waals surface area (Å²) in [6, 6.07) is 4.31. The lowest BCUT2D eigenvalue weighted by Gasteiger charge is -2.11. The molecule has 2 aromatic heterocycles. The van der Waals surface area contributed by atoms with E-state index in [1.165, 1.54) is 18.2 Å². The first-order valence-electron chi connectivity index (χ1n) is 6.47. The monoisotopic (exact) mass is 305 g/mol. The van der Waals surface area contributed by atoms with Crippen LogP contribution in [-0.4, -0.2) is 20.9 Å². The van der Waals surface area contributed by atoms with Crippen molar-refractivity contribution >= 4 is 34.6 Å². The molecule has 5 nitrogen and oxygen atoms in total. The van der Waals surface area contributed by atoms with Gasteiger partial charge in [0.25, 0.3) is 0 Å². The number of hydrogen-bond donors (Lipinski definition) is 2. The van der Waals surface area contributed by atoms with Gasteiger partial charge in [0.2, 0.25) is 0 Å². The molecule has 1 aromatic carbocycles. The van der Waals surface area contributed by atoms with Gasteiger partial charge in [-0.3, -0.25) is 0 Å². The van der Waals surface area contributed by atoms with Crippen LogP contribution in [0.4, 0.5) is 21.7 Å². The first kappa shape index (κ1) is 13.6. The molecule has 2 heterocycles. The topological polar surface area (TPSA) is 54.2 Å². The molecular weight excluding hydrogens is 293 g/mol. The Bertz CT molecular complexity index is 786. The van der Waals surface area contributed by atoms with Crippen LogP contribution < -0.4 is 10.6 Å². The zero-order valence-electron chi connectivity index (χ0n) is 11.3. The third-order valence-corrected chi connectivity index (χ3v) is 3.15. The van der Waals surface area contributed by atoms with Crippen LogP contribution in [0.1, 0.15) is 6.92 Å². The second-order valence-electron chi connectivity index (χ2n) is 4.41. The highest BCUT2D eigenvalue weighted by Crippen LogP contribution is 2.25. The molecule has 3 aromatic rings. The van der Waals surface area contributed by atoms with Crippen molar-refractivity contribution in [3.8, 4) is 0 Å². The van der Waals surface area contributed by atoms with Crippen molar-refractivity contribution in [1.82, 2.24) is 14.4 Å². The minimum absolute atomic E-state index is 0.258. The molecule has 0 radical (unpaired) electrons. The maximum atomic E-state index is 13.8. The van der Waals surface area contributed by atoms with E-state index < -0.39 is 5.82 Å². The van der Waals surface area contributed by atoms with Crippen LogP contribution in [-0.2, 0) is 0 Å². The van der Waals surface area contributed by atoms with E-state index in [1.807, 2.05) is 17.5 Å². The number of aromatic nitrogens is 3. The lowest BCUT2D eigenvalue weighted by Crippen LogP contribution is -2.05. The second-order valence-corrected chi connectivity index (χ2v) is 4.85. The van der Waals surface area contributed by atoms with E-state index in [1.54, 1.807) is 12.4 Å². The molecule has 0 aliphatic rings. The van der Waals surface area contributed by atoms with Gasteiger partial charge in [0.15, 0.2) is 11.5 Å². The number of rotatable bonds is 4. The zero-order chi connectivity index (χ0) is 14.8. The predicted molar refractivity (Wildman–Crippen MR) is 81.8 cm³/mol. The molecule has 3 rings (SSSR count). The van der Waals surface area contributed by atoms with E-state index in [0.29, 0.717) is 22.3 Å². The Morgan fingerprint density at radius 3 is 3.05 bits per heavy atom. The first-order chi connectivity index (χ1) is 10.2. The molecule has 108 valence electrons. The summed E-state index contributed by atoms with van der Waals surface area (Å²) in [6.45, 7) is 2.71. The standard InChI is InChI=1S/C14H13ClFN5/c1-2-17-12-8-21-6-5-18-14(21)13(20-12)19-11-7-9(15)3-4-10(11)16/h3-8,17H,2H2,1H3,(H,19,20). The molecule has 2 N–H and O–H groups in total. The van der Waals surface area contributed by atoms with E-state index in [2.05, 4.69) is 20.6 Å². The lowest BCUT2D eigenvalue weighted by atomic mass is 10.3. The first-order valence-corrected chi connectivity index (χ1v) is 6.85. The molecule has 21 heavy (non-hydrogen) atoms. The van der Waals surface area contributed by atoms with Gasteiger partial charge in [0, 0.05) is 24.0 Å². The van der Waals surface area contributed by atoms with Crippen LogP contribution in [0.5, 0.6) is 0 Å². The molecule has 7 heteroatoms. The number of nitrogens with zero attached hydrogens (tertiary/aromatic N) is 3. The molecule has 0 amide bonds. The quantitative estimate of drug-likeness (QED) is 0.772. The van der Waals surface area contributed by atoms with Gasteiger partial charge >= 0.3 is 0 Å². The fraction of sp³-hybridized carbons (Fsp3) is 0.143. The van der Waals surface area contributed by atoms with Crippen LogP contribution in [0.3, 0.4) is 0 Å². The van der Waals surface area contributed by atoms with Crippen LogP contribution in [0.15, 0.2) is 36.8 Å². The number of imidazole rings is 1. The zero-order valence-corrected chi connectivity index (χ0v) is 12.0. The summed E-state index contributed by atoms with van der Waals surface area (Å²) in [5, 5.41) is 6.51. The molecule has 0 saturated heterocycles. The Morgan fingerprint density at radius 1 is 1.38 bits per heavy atom. The summed E-state index contributed by atoms with van der Waals surface area (Å²) in [4.78, 5) is 8.64. The molecule has 0 spiro atoms. The van der Waals surface area contributed by atoms with Crippen molar-refractivity contribution in [3.63, 3.8) is 0 Å². The second kappa shape index (κ2) is 5.57. The summed E-state index contributed by atoms with van der Waals surface area (Å²) in [7, 11) is 0. The van der Waals surface area contributed by atoms with Crippen molar-refractivity contribution in [2.75, 3.05) is 17.2 Å². The highest BCUT2D eigenvalue weighted by Gasteiger charge is 2.10. The predicted octanol–water partition coefficient (Wildman–Crippen LogP) is 3.70. The van der Waals surface area contributed by atoms with Gasteiger partial charge in [-0.1, -0.05) is 11.6 Å². The van der Waals surface area contributed by atoms with E-state index in [0.717, 1.165) is 6.54 Å². The minimum atomic E-state index is -0.403. The molecular formula is C14H13ClFN5. The number of benzene rings is 1. The van der Waals surface area contributed by atoms with Crippen molar-refractivity contribution in [2.45, 2.75) is 6.92 Å². The van der Waals surface area contributed by atoms with Crippen molar-refractivity contribution in [2.24, 2.45) is 0 Å². The molecule has 0 fully saturated rings. The smallest absolute Gasteiger partial charge is 0.180 e. The summed E-state index contributed by atoms with van der Waals surface area (Å²) in [5.41, 5.74) is 0.865. The summed E-state index contributed by atoms with van der Waals surface area (Å²) >= 11 is 5.90. The minimum Gasteiger partial charge on any atom is -0.369 e. The van der Waals surface area contributed by atoms with E-state index in [-0.39, 0.29) is 5.69 Å². The van der Waals surface area contributed by atoms with Crippen molar-refractivity contribution < 1.29 is 4.39 Å². The highest BCUT2D eigenvalue weighted by molar-refractivity contribution is 6.30. The van der Waals surface area contributed by atoms with E-state index in [4.69, 9.17) is 11.6 Å². The number of anilines is 3. The Labute approximate surface area is 125 Å². The number of hydrogen-bond acceptors (Lipinski definition) is 4. The third kappa shape index (κ3) is 2.75. The molecule has 0 bridgehead atoms. The van der Waals surface area contributed by atoms with Gasteiger partial charge in [0.1, 0.15) is 11.6 Å². The molecule has 0 aliphatic heterocycles. The molecule has 0 aliphatic carbocycles. The van der Waals surface area contributed by atoms with Gasteiger partial charge in [-0.05, 0) is 25.1 Å². The maximum Gasteiger partial charge on any atom is 0.180 e. The van der Waals surface area contributed by atoms with E-state index in [9.17, 15) is 4.39 Å². The molecule has 0 atom stereocenters. The average molecular weight is 306 g/mol. The normalized spacial score (nSPS) is 10.8. The fourth-order valence-electron chi connectivity index (χ4n) is 2.00. The largest absolute Gasteiger partial charge is 0.369 e. The van der Waals surface area contributed by atoms with Crippen LogP contribution in [0.25, 0.3) is 5.65 Å².